The fraction of sp³-hybridized carbons (Fsp3) is 0.364. The van der Waals surface area contributed by atoms with Crippen molar-refractivity contribution in [3.8, 4) is 5.75 Å². The highest BCUT2D eigenvalue weighted by molar-refractivity contribution is 9.25. The van der Waals surface area contributed by atoms with Crippen molar-refractivity contribution >= 4 is 37.6 Å². The molecule has 15 heavy (non-hydrogen) atoms. The van der Waals surface area contributed by atoms with E-state index in [2.05, 4.69) is 31.9 Å². The van der Waals surface area contributed by atoms with Crippen molar-refractivity contribution in [2.75, 3.05) is 7.11 Å². The number of hydrogen-bond acceptors (Lipinski definition) is 2. The summed E-state index contributed by atoms with van der Waals surface area (Å²) >= 11 is 6.40. The van der Waals surface area contributed by atoms with E-state index >= 15 is 0 Å². The summed E-state index contributed by atoms with van der Waals surface area (Å²) < 4.78 is 4.86. The number of methoxy groups -OCH3 is 1. The zero-order valence-corrected chi connectivity index (χ0v) is 12.0. The first-order valence-corrected chi connectivity index (χ1v) is 6.28. The number of Topliss-reactive ketones (excluding diaryl/α,β-unsaturated/α-hetero) is 1. The summed E-state index contributed by atoms with van der Waals surface area (Å²) in [6.45, 7) is 3.89. The van der Waals surface area contributed by atoms with E-state index in [0.717, 1.165) is 11.1 Å². The average Bonchev–Trinajstić information content (AvgIpc) is 2.15. The lowest BCUT2D eigenvalue weighted by molar-refractivity contribution is 0.101. The number of halogens is 2. The Hall–Kier alpha value is -0.350. The van der Waals surface area contributed by atoms with Crippen molar-refractivity contribution in [2.24, 2.45) is 0 Å². The molecular formula is C11H12Br2O2. The minimum absolute atomic E-state index is 0.0290. The molecule has 82 valence electrons. The van der Waals surface area contributed by atoms with Gasteiger partial charge in [0.2, 0.25) is 0 Å². The van der Waals surface area contributed by atoms with Gasteiger partial charge < -0.3 is 4.74 Å². The van der Waals surface area contributed by atoms with Gasteiger partial charge in [-0.1, -0.05) is 37.9 Å². The number of alkyl halides is 2. The van der Waals surface area contributed by atoms with Crippen LogP contribution in [0.3, 0.4) is 0 Å². The van der Waals surface area contributed by atoms with E-state index < -0.39 is 0 Å². The largest absolute Gasteiger partial charge is 0.496 e. The SMILES string of the molecule is COc1c(C)cc(C)cc1C(=O)C(Br)Br. The summed E-state index contributed by atoms with van der Waals surface area (Å²) in [5.74, 6) is 0.619. The Bertz CT molecular complexity index is 386. The van der Waals surface area contributed by atoms with Gasteiger partial charge in [0.25, 0.3) is 0 Å². The molecule has 0 atom stereocenters. The maximum Gasteiger partial charge on any atom is 0.190 e. The summed E-state index contributed by atoms with van der Waals surface area (Å²) in [5.41, 5.74) is 2.63. The topological polar surface area (TPSA) is 26.3 Å². The maximum atomic E-state index is 11.9. The number of benzene rings is 1. The second-order valence-corrected chi connectivity index (χ2v) is 6.39. The lowest BCUT2D eigenvalue weighted by atomic mass is 10.0. The molecule has 0 radical (unpaired) electrons. The molecule has 1 aromatic rings. The number of rotatable bonds is 3. The van der Waals surface area contributed by atoms with Crippen LogP contribution in [-0.2, 0) is 0 Å². The van der Waals surface area contributed by atoms with Crippen molar-refractivity contribution < 1.29 is 9.53 Å². The average molecular weight is 336 g/mol. The number of aryl methyl sites for hydroxylation is 2. The molecule has 4 heteroatoms. The highest BCUT2D eigenvalue weighted by atomic mass is 79.9. The van der Waals surface area contributed by atoms with Crippen molar-refractivity contribution in [2.45, 2.75) is 17.6 Å². The molecule has 0 bridgehead atoms. The quantitative estimate of drug-likeness (QED) is 0.623. The van der Waals surface area contributed by atoms with Crippen LogP contribution in [0.15, 0.2) is 12.1 Å². The third-order valence-corrected chi connectivity index (χ3v) is 2.92. The molecule has 0 aromatic heterocycles. The Kier molecular flexibility index (Phi) is 4.34. The van der Waals surface area contributed by atoms with Gasteiger partial charge in [-0.15, -0.1) is 0 Å². The van der Waals surface area contributed by atoms with Gasteiger partial charge in [0, 0.05) is 0 Å². The number of carbonyl (C=O) groups is 1. The van der Waals surface area contributed by atoms with Crippen LogP contribution >= 0.6 is 31.9 Å². The van der Waals surface area contributed by atoms with Crippen molar-refractivity contribution in [3.05, 3.63) is 28.8 Å². The third kappa shape index (κ3) is 2.82. The molecule has 0 unspecified atom stereocenters. The number of ketones is 1. The number of ether oxygens (including phenoxy) is 1. The van der Waals surface area contributed by atoms with Gasteiger partial charge in [0.1, 0.15) is 9.49 Å². The Balaban J connectivity index is 3.32. The van der Waals surface area contributed by atoms with E-state index in [0.29, 0.717) is 11.3 Å². The smallest absolute Gasteiger partial charge is 0.190 e. The van der Waals surface area contributed by atoms with Crippen LogP contribution < -0.4 is 4.74 Å². The fourth-order valence-corrected chi connectivity index (χ4v) is 2.02. The van der Waals surface area contributed by atoms with E-state index in [1.807, 2.05) is 26.0 Å². The second-order valence-electron chi connectivity index (χ2n) is 3.33. The van der Waals surface area contributed by atoms with Gasteiger partial charge in [-0.2, -0.15) is 0 Å². The van der Waals surface area contributed by atoms with Crippen molar-refractivity contribution in [1.29, 1.82) is 0 Å². The Morgan fingerprint density at radius 3 is 2.40 bits per heavy atom. The van der Waals surface area contributed by atoms with E-state index in [9.17, 15) is 4.79 Å². The zero-order valence-electron chi connectivity index (χ0n) is 8.80. The Morgan fingerprint density at radius 1 is 1.33 bits per heavy atom. The molecule has 0 N–H and O–H groups in total. The monoisotopic (exact) mass is 334 g/mol. The molecule has 0 amide bonds. The zero-order chi connectivity index (χ0) is 11.6. The standard InChI is InChI=1S/C11H12Br2O2/c1-6-4-7(2)10(15-3)8(5-6)9(14)11(12)13/h4-5,11H,1-3H3. The first-order chi connectivity index (χ1) is 6.97. The third-order valence-electron chi connectivity index (χ3n) is 2.09. The van der Waals surface area contributed by atoms with Crippen LogP contribution in [-0.4, -0.2) is 16.6 Å². The highest BCUT2D eigenvalue weighted by Gasteiger charge is 2.19. The minimum Gasteiger partial charge on any atom is -0.496 e. The molecule has 0 aliphatic carbocycles. The van der Waals surface area contributed by atoms with Crippen LogP contribution in [0.4, 0.5) is 0 Å². The molecule has 0 aliphatic rings. The molecular weight excluding hydrogens is 324 g/mol. The van der Waals surface area contributed by atoms with E-state index in [4.69, 9.17) is 4.74 Å². The van der Waals surface area contributed by atoms with Crippen LogP contribution in [0.25, 0.3) is 0 Å². The highest BCUT2D eigenvalue weighted by Crippen LogP contribution is 2.28. The van der Waals surface area contributed by atoms with Gasteiger partial charge in [-0.25, -0.2) is 0 Å². The summed E-state index contributed by atoms with van der Waals surface area (Å²) in [7, 11) is 1.58. The molecule has 0 spiro atoms. The molecule has 0 saturated carbocycles. The van der Waals surface area contributed by atoms with Gasteiger partial charge in [0.05, 0.1) is 12.7 Å². The van der Waals surface area contributed by atoms with E-state index in [1.54, 1.807) is 7.11 Å². The number of hydrogen-bond donors (Lipinski definition) is 0. The first-order valence-electron chi connectivity index (χ1n) is 4.45. The number of carbonyl (C=O) groups excluding carboxylic acids is 1. The molecule has 0 fully saturated rings. The maximum absolute atomic E-state index is 11.9. The van der Waals surface area contributed by atoms with Gasteiger partial charge >= 0.3 is 0 Å². The van der Waals surface area contributed by atoms with E-state index in [-0.39, 0.29) is 9.52 Å². The molecule has 0 aliphatic heterocycles. The first kappa shape index (κ1) is 12.7. The molecule has 0 saturated heterocycles. The van der Waals surface area contributed by atoms with Crippen molar-refractivity contribution in [1.82, 2.24) is 0 Å². The van der Waals surface area contributed by atoms with Crippen LogP contribution in [0.2, 0.25) is 0 Å². The lowest BCUT2D eigenvalue weighted by Gasteiger charge is -2.12. The minimum atomic E-state index is -0.375. The summed E-state index contributed by atoms with van der Waals surface area (Å²) in [4.78, 5) is 11.9. The summed E-state index contributed by atoms with van der Waals surface area (Å²) in [5, 5.41) is 0. The second kappa shape index (κ2) is 5.12. The fourth-order valence-electron chi connectivity index (χ4n) is 1.53. The van der Waals surface area contributed by atoms with Gasteiger partial charge in [0.15, 0.2) is 5.78 Å². The normalized spacial score (nSPS) is 10.5. The predicted molar refractivity (Wildman–Crippen MR) is 68.4 cm³/mol. The Morgan fingerprint density at radius 2 is 1.93 bits per heavy atom. The molecule has 1 rings (SSSR count). The van der Waals surface area contributed by atoms with Gasteiger partial charge in [-0.05, 0) is 31.0 Å². The summed E-state index contributed by atoms with van der Waals surface area (Å²) in [6, 6.07) is 3.83. The molecule has 1 aromatic carbocycles. The lowest BCUT2D eigenvalue weighted by Crippen LogP contribution is -2.10. The van der Waals surface area contributed by atoms with Crippen LogP contribution in [0.5, 0.6) is 5.75 Å². The van der Waals surface area contributed by atoms with Crippen molar-refractivity contribution in [3.63, 3.8) is 0 Å². The van der Waals surface area contributed by atoms with Crippen LogP contribution in [0, 0.1) is 13.8 Å². The Labute approximate surface area is 106 Å². The molecule has 2 nitrogen and oxygen atoms in total. The predicted octanol–water partition coefficient (Wildman–Crippen LogP) is 3.61. The summed E-state index contributed by atoms with van der Waals surface area (Å²) in [6.07, 6.45) is 0. The van der Waals surface area contributed by atoms with E-state index in [1.165, 1.54) is 0 Å². The van der Waals surface area contributed by atoms with Crippen LogP contribution in [0.1, 0.15) is 21.5 Å². The molecule has 0 heterocycles. The van der Waals surface area contributed by atoms with Gasteiger partial charge in [-0.3, -0.25) is 4.79 Å².